The molecule has 2 N–H and O–H groups in total. The summed E-state index contributed by atoms with van der Waals surface area (Å²) in [4.78, 5) is 11.1. The molecule has 34 heavy (non-hydrogen) atoms. The van der Waals surface area contributed by atoms with Crippen molar-refractivity contribution < 1.29 is 40.6 Å². The Kier molecular flexibility index (Phi) is 8.44. The van der Waals surface area contributed by atoms with Crippen LogP contribution in [-0.2, 0) is 18.9 Å². The highest BCUT2D eigenvalue weighted by Crippen LogP contribution is 2.36. The fourth-order valence-corrected chi connectivity index (χ4v) is 3.16. The van der Waals surface area contributed by atoms with Crippen molar-refractivity contribution in [2.45, 2.75) is 25.8 Å². The van der Waals surface area contributed by atoms with Crippen LogP contribution >= 0.6 is 0 Å². The first kappa shape index (κ1) is 26.8. The minimum absolute atomic E-state index is 0.0605. The second-order valence-corrected chi connectivity index (χ2v) is 7.25. The van der Waals surface area contributed by atoms with Crippen molar-refractivity contribution in [3.63, 3.8) is 0 Å². The maximum Gasteiger partial charge on any atom is 0.416 e. The minimum atomic E-state index is -4.79. The largest absolute Gasteiger partial charge is 0.478 e. The lowest BCUT2D eigenvalue weighted by Gasteiger charge is -2.13. The number of aryl methyl sites for hydroxylation is 1. The van der Waals surface area contributed by atoms with Gasteiger partial charge in [-0.1, -0.05) is 24.3 Å². The Hall–Kier alpha value is -3.40. The van der Waals surface area contributed by atoms with Crippen LogP contribution < -0.4 is 5.32 Å². The van der Waals surface area contributed by atoms with Gasteiger partial charge in [0.15, 0.2) is 0 Å². The van der Waals surface area contributed by atoms with Crippen LogP contribution in [0.15, 0.2) is 60.7 Å². The van der Waals surface area contributed by atoms with Gasteiger partial charge in [0.25, 0.3) is 0 Å². The van der Waals surface area contributed by atoms with Gasteiger partial charge in [-0.2, -0.15) is 26.3 Å². The molecule has 0 heterocycles. The third-order valence-corrected chi connectivity index (χ3v) is 4.66. The molecule has 0 bridgehead atoms. The van der Waals surface area contributed by atoms with Gasteiger partial charge >= 0.3 is 18.3 Å². The third-order valence-electron chi connectivity index (χ3n) is 4.66. The Bertz CT molecular complexity index is 1120. The summed E-state index contributed by atoms with van der Waals surface area (Å²) in [5.74, 6) is -1.30. The first-order valence-corrected chi connectivity index (χ1v) is 9.76. The predicted octanol–water partition coefficient (Wildman–Crippen LogP) is 6.94. The highest BCUT2D eigenvalue weighted by Gasteiger charge is 2.36. The summed E-state index contributed by atoms with van der Waals surface area (Å²) in [7, 11) is 1.44. The second-order valence-electron chi connectivity index (χ2n) is 7.25. The topological polar surface area (TPSA) is 49.3 Å². The van der Waals surface area contributed by atoms with Crippen molar-refractivity contribution in [3.8, 4) is 11.1 Å². The van der Waals surface area contributed by atoms with E-state index in [1.165, 1.54) is 19.2 Å². The van der Waals surface area contributed by atoms with Gasteiger partial charge in [0.1, 0.15) is 5.82 Å². The molecule has 0 aliphatic rings. The first-order chi connectivity index (χ1) is 15.7. The van der Waals surface area contributed by atoms with Crippen molar-refractivity contribution in [2.75, 3.05) is 7.05 Å². The molecule has 0 atom stereocenters. The van der Waals surface area contributed by atoms with E-state index in [0.29, 0.717) is 17.7 Å². The molecule has 3 nitrogen and oxygen atoms in total. The van der Waals surface area contributed by atoms with Crippen LogP contribution in [0.2, 0.25) is 0 Å². The van der Waals surface area contributed by atoms with E-state index in [2.05, 4.69) is 5.32 Å². The van der Waals surface area contributed by atoms with Crippen LogP contribution in [0.25, 0.3) is 11.1 Å². The third kappa shape index (κ3) is 7.05. The van der Waals surface area contributed by atoms with E-state index in [1.54, 1.807) is 37.3 Å². The van der Waals surface area contributed by atoms with Gasteiger partial charge in [0.05, 0.1) is 16.7 Å². The van der Waals surface area contributed by atoms with Crippen LogP contribution in [0.1, 0.15) is 32.6 Å². The van der Waals surface area contributed by atoms with Gasteiger partial charge in [-0.05, 0) is 72.6 Å². The van der Waals surface area contributed by atoms with Crippen molar-refractivity contribution >= 4 is 5.97 Å². The molecule has 3 aromatic carbocycles. The first-order valence-electron chi connectivity index (χ1n) is 9.76. The number of hydrogen-bond acceptors (Lipinski definition) is 2. The summed E-state index contributed by atoms with van der Waals surface area (Å²) >= 11 is 0. The smallest absolute Gasteiger partial charge is 0.416 e. The molecule has 10 heteroatoms. The van der Waals surface area contributed by atoms with Crippen molar-refractivity contribution in [1.82, 2.24) is 5.32 Å². The fourth-order valence-electron chi connectivity index (χ4n) is 3.16. The summed E-state index contributed by atoms with van der Waals surface area (Å²) in [6.07, 6.45) is -9.58. The number of carboxylic acids is 1. The lowest BCUT2D eigenvalue weighted by molar-refractivity contribution is -0.143. The van der Waals surface area contributed by atoms with Gasteiger partial charge in [-0.3, -0.25) is 0 Å². The number of benzene rings is 3. The summed E-state index contributed by atoms with van der Waals surface area (Å²) in [5, 5.41) is 11.6. The van der Waals surface area contributed by atoms with Crippen LogP contribution in [0.5, 0.6) is 0 Å². The molecular weight excluding hydrogens is 467 g/mol. The highest BCUT2D eigenvalue weighted by atomic mass is 19.4. The van der Waals surface area contributed by atoms with Crippen LogP contribution in [0.4, 0.5) is 30.7 Å². The van der Waals surface area contributed by atoms with E-state index in [0.717, 1.165) is 11.1 Å². The molecule has 3 aromatic rings. The Morgan fingerprint density at radius 1 is 0.853 bits per heavy atom. The molecule has 0 amide bonds. The summed E-state index contributed by atoms with van der Waals surface area (Å²) in [5.41, 5.74) is -0.354. The number of halogens is 7. The predicted molar refractivity (Wildman–Crippen MR) is 113 cm³/mol. The molecule has 0 spiro atoms. The monoisotopic (exact) mass is 487 g/mol. The van der Waals surface area contributed by atoms with Gasteiger partial charge in [-0.15, -0.1) is 0 Å². The lowest BCUT2D eigenvalue weighted by atomic mass is 9.96. The van der Waals surface area contributed by atoms with E-state index >= 15 is 0 Å². The zero-order valence-corrected chi connectivity index (χ0v) is 18.0. The lowest BCUT2D eigenvalue weighted by Crippen LogP contribution is -2.14. The fraction of sp³-hybridized carbons (Fsp3) is 0.208. The standard InChI is InChI=1S/C14H11FO2.C10H9F6N/c1-9-8-10(15)6-7-11(9)12-4-2-3-5-13(12)14(16)17;1-17-5-6-2-7(9(11,12)13)4-8(3-6)10(14,15)16/h2-8H,1H3,(H,16,17);2-4,17H,5H2,1H3. The molecule has 3 rings (SSSR count). The number of carboxylic acid groups (broad SMARTS) is 1. The van der Waals surface area contributed by atoms with Crippen molar-refractivity contribution in [2.24, 2.45) is 0 Å². The molecular formula is C24H20F7NO2. The quantitative estimate of drug-likeness (QED) is 0.392. The Morgan fingerprint density at radius 2 is 1.41 bits per heavy atom. The van der Waals surface area contributed by atoms with Crippen molar-refractivity contribution in [1.29, 1.82) is 0 Å². The molecule has 182 valence electrons. The molecule has 0 aliphatic heterocycles. The van der Waals surface area contributed by atoms with E-state index in [1.807, 2.05) is 0 Å². The average Bonchev–Trinajstić information content (AvgIpc) is 2.73. The minimum Gasteiger partial charge on any atom is -0.478 e. The van der Waals surface area contributed by atoms with Crippen LogP contribution in [0.3, 0.4) is 0 Å². The zero-order valence-electron chi connectivity index (χ0n) is 18.0. The van der Waals surface area contributed by atoms with Crippen LogP contribution in [0, 0.1) is 12.7 Å². The van der Waals surface area contributed by atoms with Gasteiger partial charge in [-0.25, -0.2) is 9.18 Å². The van der Waals surface area contributed by atoms with Crippen molar-refractivity contribution in [3.05, 3.63) is 94.3 Å². The number of nitrogens with one attached hydrogen (secondary N) is 1. The molecule has 0 radical (unpaired) electrons. The van der Waals surface area contributed by atoms with Gasteiger partial charge in [0.2, 0.25) is 0 Å². The molecule has 0 saturated carbocycles. The molecule has 0 fully saturated rings. The van der Waals surface area contributed by atoms with Gasteiger partial charge < -0.3 is 10.4 Å². The number of rotatable bonds is 4. The Morgan fingerprint density at radius 3 is 1.88 bits per heavy atom. The number of alkyl halides is 6. The number of aromatic carboxylic acids is 1. The molecule has 0 aliphatic carbocycles. The summed E-state index contributed by atoms with van der Waals surface area (Å²) < 4.78 is 87.3. The van der Waals surface area contributed by atoms with E-state index in [9.17, 15) is 35.5 Å². The molecule has 0 saturated heterocycles. The summed E-state index contributed by atoms with van der Waals surface area (Å²) in [6, 6.07) is 12.6. The Labute approximate surface area is 190 Å². The molecule has 0 aromatic heterocycles. The second kappa shape index (κ2) is 10.7. The normalized spacial score (nSPS) is 11.6. The number of carbonyl (C=O) groups is 1. The maximum absolute atomic E-state index is 13.0. The molecule has 0 unspecified atom stereocenters. The zero-order chi connectivity index (χ0) is 25.7. The van der Waals surface area contributed by atoms with Crippen LogP contribution in [-0.4, -0.2) is 18.1 Å². The SMILES string of the molecule is CNCc1cc(C(F)(F)F)cc(C(F)(F)F)c1.Cc1cc(F)ccc1-c1ccccc1C(=O)O. The average molecular weight is 487 g/mol. The van der Waals surface area contributed by atoms with Gasteiger partial charge in [0, 0.05) is 6.54 Å². The Balaban J connectivity index is 0.000000240. The maximum atomic E-state index is 13.0. The van der Waals surface area contributed by atoms with E-state index in [4.69, 9.17) is 5.11 Å². The van der Waals surface area contributed by atoms with E-state index < -0.39 is 29.4 Å². The van der Waals surface area contributed by atoms with E-state index in [-0.39, 0.29) is 29.6 Å². The number of hydrogen-bond donors (Lipinski definition) is 2. The highest BCUT2D eigenvalue weighted by molar-refractivity contribution is 5.96. The summed E-state index contributed by atoms with van der Waals surface area (Å²) in [6.45, 7) is 1.70.